The van der Waals surface area contributed by atoms with Crippen molar-refractivity contribution in [1.82, 2.24) is 5.32 Å². The van der Waals surface area contributed by atoms with E-state index < -0.39 is 5.41 Å². The van der Waals surface area contributed by atoms with Crippen LogP contribution in [0.2, 0.25) is 0 Å². The number of carbonyl (C=O) groups excluding carboxylic acids is 1. The number of para-hydroxylation sites is 1. The second-order valence-electron chi connectivity index (χ2n) is 4.68. The van der Waals surface area contributed by atoms with Gasteiger partial charge in [-0.3, -0.25) is 4.79 Å². The van der Waals surface area contributed by atoms with Crippen LogP contribution in [0.5, 0.6) is 5.75 Å². The van der Waals surface area contributed by atoms with Crippen molar-refractivity contribution in [3.8, 4) is 11.8 Å². The first-order chi connectivity index (χ1) is 8.53. The molecular formula is C14H18N2O2. The van der Waals surface area contributed by atoms with Crippen molar-refractivity contribution in [2.45, 2.75) is 20.3 Å². The zero-order chi connectivity index (χ0) is 13.4. The average Bonchev–Trinajstić information content (AvgIpc) is 2.38. The van der Waals surface area contributed by atoms with Crippen LogP contribution in [-0.4, -0.2) is 19.1 Å². The Morgan fingerprint density at radius 3 is 2.67 bits per heavy atom. The lowest BCUT2D eigenvalue weighted by atomic mass is 9.96. The van der Waals surface area contributed by atoms with E-state index in [-0.39, 0.29) is 12.3 Å². The summed E-state index contributed by atoms with van der Waals surface area (Å²) < 4.78 is 5.41. The number of nitriles is 1. The molecule has 1 amide bonds. The fourth-order valence-corrected chi connectivity index (χ4v) is 1.23. The summed E-state index contributed by atoms with van der Waals surface area (Å²) in [5.41, 5.74) is -0.532. The molecule has 0 aromatic heterocycles. The Labute approximate surface area is 108 Å². The molecule has 0 unspecified atom stereocenters. The third-order valence-corrected chi connectivity index (χ3v) is 2.37. The molecule has 1 rings (SSSR count). The van der Waals surface area contributed by atoms with Gasteiger partial charge in [-0.15, -0.1) is 0 Å². The predicted molar refractivity (Wildman–Crippen MR) is 69.0 cm³/mol. The van der Waals surface area contributed by atoms with Gasteiger partial charge >= 0.3 is 0 Å². The number of hydrogen-bond acceptors (Lipinski definition) is 3. The van der Waals surface area contributed by atoms with Crippen molar-refractivity contribution in [2.75, 3.05) is 13.2 Å². The Morgan fingerprint density at radius 1 is 1.39 bits per heavy atom. The van der Waals surface area contributed by atoms with Crippen LogP contribution < -0.4 is 10.1 Å². The largest absolute Gasteiger partial charge is 0.493 e. The zero-order valence-electron chi connectivity index (χ0n) is 10.8. The minimum atomic E-state index is -0.532. The maximum absolute atomic E-state index is 11.5. The highest BCUT2D eigenvalue weighted by Crippen LogP contribution is 2.11. The topological polar surface area (TPSA) is 62.1 Å². The minimum absolute atomic E-state index is 0.103. The van der Waals surface area contributed by atoms with E-state index in [4.69, 9.17) is 10.00 Å². The number of carbonyl (C=O) groups is 1. The van der Waals surface area contributed by atoms with Gasteiger partial charge in [-0.25, -0.2) is 0 Å². The van der Waals surface area contributed by atoms with E-state index >= 15 is 0 Å². The van der Waals surface area contributed by atoms with Gasteiger partial charge in [0.15, 0.2) is 0 Å². The second-order valence-corrected chi connectivity index (χ2v) is 4.68. The van der Waals surface area contributed by atoms with Gasteiger partial charge in [0, 0.05) is 6.54 Å². The van der Waals surface area contributed by atoms with Crippen LogP contribution in [0.1, 0.15) is 20.3 Å². The van der Waals surface area contributed by atoms with E-state index in [1.165, 1.54) is 0 Å². The normalized spacial score (nSPS) is 10.5. The summed E-state index contributed by atoms with van der Waals surface area (Å²) in [7, 11) is 0. The molecule has 0 spiro atoms. The van der Waals surface area contributed by atoms with E-state index in [0.717, 1.165) is 5.75 Å². The number of benzene rings is 1. The van der Waals surface area contributed by atoms with Crippen LogP contribution in [-0.2, 0) is 4.79 Å². The molecule has 96 valence electrons. The summed E-state index contributed by atoms with van der Waals surface area (Å²) in [6.45, 7) is 4.26. The van der Waals surface area contributed by atoms with Gasteiger partial charge in [0.05, 0.1) is 24.5 Å². The van der Waals surface area contributed by atoms with Crippen LogP contribution in [0.15, 0.2) is 30.3 Å². The van der Waals surface area contributed by atoms with Gasteiger partial charge in [-0.05, 0) is 26.0 Å². The molecule has 0 aliphatic carbocycles. The summed E-state index contributed by atoms with van der Waals surface area (Å²) in [6.07, 6.45) is 0.288. The lowest BCUT2D eigenvalue weighted by Crippen LogP contribution is -2.33. The van der Waals surface area contributed by atoms with Gasteiger partial charge in [0.1, 0.15) is 5.75 Å². The van der Waals surface area contributed by atoms with E-state index in [1.54, 1.807) is 13.8 Å². The van der Waals surface area contributed by atoms with E-state index in [9.17, 15) is 4.79 Å². The van der Waals surface area contributed by atoms with E-state index in [0.29, 0.717) is 13.2 Å². The molecule has 18 heavy (non-hydrogen) atoms. The molecule has 4 heteroatoms. The van der Waals surface area contributed by atoms with Crippen molar-refractivity contribution in [2.24, 2.45) is 5.41 Å². The molecule has 1 aromatic carbocycles. The van der Waals surface area contributed by atoms with Crippen LogP contribution in [0, 0.1) is 16.7 Å². The van der Waals surface area contributed by atoms with Crippen LogP contribution in [0.25, 0.3) is 0 Å². The van der Waals surface area contributed by atoms with Crippen molar-refractivity contribution >= 4 is 5.91 Å². The standard InChI is InChI=1S/C14H18N2O2/c1-14(2,10-15)11-16-13(17)8-9-18-12-6-4-3-5-7-12/h3-7H,8-9,11H2,1-2H3,(H,16,17). The Balaban J connectivity index is 2.21. The van der Waals surface area contributed by atoms with Gasteiger partial charge in [-0.1, -0.05) is 18.2 Å². The molecule has 0 aliphatic rings. The first-order valence-corrected chi connectivity index (χ1v) is 5.89. The highest BCUT2D eigenvalue weighted by molar-refractivity contribution is 5.76. The van der Waals surface area contributed by atoms with Crippen molar-refractivity contribution < 1.29 is 9.53 Å². The SMILES string of the molecule is CC(C)(C#N)CNC(=O)CCOc1ccccc1. The average molecular weight is 246 g/mol. The Morgan fingerprint density at radius 2 is 2.06 bits per heavy atom. The van der Waals surface area contributed by atoms with Gasteiger partial charge in [-0.2, -0.15) is 5.26 Å². The van der Waals surface area contributed by atoms with Crippen molar-refractivity contribution in [3.05, 3.63) is 30.3 Å². The lowest BCUT2D eigenvalue weighted by molar-refractivity contribution is -0.121. The summed E-state index contributed by atoms with van der Waals surface area (Å²) in [4.78, 5) is 11.5. The third kappa shape index (κ3) is 5.35. The van der Waals surface area contributed by atoms with Gasteiger partial charge in [0.25, 0.3) is 0 Å². The fourth-order valence-electron chi connectivity index (χ4n) is 1.23. The Kier molecular flexibility index (Phi) is 5.19. The number of nitrogens with one attached hydrogen (secondary N) is 1. The molecule has 0 radical (unpaired) electrons. The van der Waals surface area contributed by atoms with Crippen LogP contribution >= 0.6 is 0 Å². The first-order valence-electron chi connectivity index (χ1n) is 5.89. The van der Waals surface area contributed by atoms with Gasteiger partial charge < -0.3 is 10.1 Å². The molecule has 1 N–H and O–H groups in total. The molecular weight excluding hydrogens is 228 g/mol. The quantitative estimate of drug-likeness (QED) is 0.836. The van der Waals surface area contributed by atoms with Crippen LogP contribution in [0.4, 0.5) is 0 Å². The molecule has 0 fully saturated rings. The summed E-state index contributed by atoms with van der Waals surface area (Å²) >= 11 is 0. The Bertz CT molecular complexity index is 421. The molecule has 1 aromatic rings. The number of amides is 1. The first kappa shape index (κ1) is 14.0. The number of rotatable bonds is 6. The lowest BCUT2D eigenvalue weighted by Gasteiger charge is -2.15. The molecule has 0 heterocycles. The maximum atomic E-state index is 11.5. The Hall–Kier alpha value is -2.02. The molecule has 4 nitrogen and oxygen atoms in total. The maximum Gasteiger partial charge on any atom is 0.223 e. The van der Waals surface area contributed by atoms with Gasteiger partial charge in [0.2, 0.25) is 5.91 Å². The monoisotopic (exact) mass is 246 g/mol. The zero-order valence-corrected chi connectivity index (χ0v) is 10.8. The fraction of sp³-hybridized carbons (Fsp3) is 0.429. The summed E-state index contributed by atoms with van der Waals surface area (Å²) in [6, 6.07) is 11.5. The summed E-state index contributed by atoms with van der Waals surface area (Å²) in [5.74, 6) is 0.650. The van der Waals surface area contributed by atoms with Crippen molar-refractivity contribution in [3.63, 3.8) is 0 Å². The molecule has 0 saturated carbocycles. The van der Waals surface area contributed by atoms with Crippen LogP contribution in [0.3, 0.4) is 0 Å². The van der Waals surface area contributed by atoms with Crippen molar-refractivity contribution in [1.29, 1.82) is 5.26 Å². The highest BCUT2D eigenvalue weighted by Gasteiger charge is 2.17. The smallest absolute Gasteiger partial charge is 0.223 e. The molecule has 0 aliphatic heterocycles. The second kappa shape index (κ2) is 6.65. The minimum Gasteiger partial charge on any atom is -0.493 e. The number of nitrogens with zero attached hydrogens (tertiary/aromatic N) is 1. The van der Waals surface area contributed by atoms with E-state index in [2.05, 4.69) is 11.4 Å². The molecule has 0 atom stereocenters. The number of ether oxygens (including phenoxy) is 1. The molecule has 0 bridgehead atoms. The van der Waals surface area contributed by atoms with E-state index in [1.807, 2.05) is 30.3 Å². The number of hydrogen-bond donors (Lipinski definition) is 1. The predicted octanol–water partition coefficient (Wildman–Crippen LogP) is 2.12. The molecule has 0 saturated heterocycles. The highest BCUT2D eigenvalue weighted by atomic mass is 16.5. The summed E-state index contributed by atoms with van der Waals surface area (Å²) in [5, 5.41) is 11.5. The third-order valence-electron chi connectivity index (χ3n) is 2.37.